The molecule has 3 rings (SSSR count). The molecule has 0 N–H and O–H groups in total. The number of nitrogens with zero attached hydrogens (tertiary/aromatic N) is 5. The van der Waals surface area contributed by atoms with Gasteiger partial charge in [0.05, 0.1) is 15.9 Å². The van der Waals surface area contributed by atoms with Crippen LogP contribution in [0.2, 0.25) is 0 Å². The van der Waals surface area contributed by atoms with Crippen molar-refractivity contribution in [2.24, 2.45) is 7.05 Å². The normalized spacial score (nSPS) is 15.0. The quantitative estimate of drug-likeness (QED) is 0.775. The lowest BCUT2D eigenvalue weighted by Crippen LogP contribution is -2.03. The van der Waals surface area contributed by atoms with Crippen molar-refractivity contribution in [3.8, 4) is 0 Å². The van der Waals surface area contributed by atoms with Gasteiger partial charge in [-0.2, -0.15) is 5.10 Å². The molecule has 7 heteroatoms. The van der Waals surface area contributed by atoms with Gasteiger partial charge in [-0.25, -0.2) is 0 Å². The molecule has 0 saturated carbocycles. The molecule has 21 heavy (non-hydrogen) atoms. The minimum atomic E-state index is 0.863. The van der Waals surface area contributed by atoms with E-state index in [1.807, 2.05) is 11.7 Å². The summed E-state index contributed by atoms with van der Waals surface area (Å²) in [6, 6.07) is 0. The van der Waals surface area contributed by atoms with Gasteiger partial charge < -0.3 is 4.57 Å². The monoisotopic (exact) mass is 369 g/mol. The van der Waals surface area contributed by atoms with Gasteiger partial charge in [-0.05, 0) is 35.2 Å². The second kappa shape index (κ2) is 6.52. The Morgan fingerprint density at radius 2 is 2.10 bits per heavy atom. The number of hydrogen-bond acceptors (Lipinski definition) is 4. The fraction of sp³-hybridized carbons (Fsp3) is 0.643. The molecule has 0 aliphatic carbocycles. The van der Waals surface area contributed by atoms with Crippen LogP contribution >= 0.6 is 27.7 Å². The van der Waals surface area contributed by atoms with Gasteiger partial charge in [0.25, 0.3) is 0 Å². The Bertz CT molecular complexity index is 634. The van der Waals surface area contributed by atoms with Gasteiger partial charge in [0.1, 0.15) is 5.82 Å². The van der Waals surface area contributed by atoms with Crippen molar-refractivity contribution in [3.05, 3.63) is 21.7 Å². The van der Waals surface area contributed by atoms with E-state index < -0.39 is 0 Å². The Morgan fingerprint density at radius 3 is 2.86 bits per heavy atom. The molecule has 0 amide bonds. The molecule has 0 radical (unpaired) electrons. The number of hydrogen-bond donors (Lipinski definition) is 0. The Morgan fingerprint density at radius 1 is 1.24 bits per heavy atom. The van der Waals surface area contributed by atoms with Crippen molar-refractivity contribution in [2.45, 2.75) is 56.5 Å². The van der Waals surface area contributed by atoms with Crippen LogP contribution in [0.5, 0.6) is 0 Å². The number of halogens is 1. The van der Waals surface area contributed by atoms with Crippen molar-refractivity contribution in [1.29, 1.82) is 0 Å². The molecular weight excluding hydrogens is 350 g/mol. The first-order valence-corrected chi connectivity index (χ1v) is 9.23. The van der Waals surface area contributed by atoms with E-state index in [-0.39, 0.29) is 0 Å². The van der Waals surface area contributed by atoms with Crippen LogP contribution in [0.3, 0.4) is 0 Å². The molecule has 3 heterocycles. The van der Waals surface area contributed by atoms with Crippen molar-refractivity contribution in [1.82, 2.24) is 24.5 Å². The van der Waals surface area contributed by atoms with Crippen LogP contribution < -0.4 is 0 Å². The van der Waals surface area contributed by atoms with Crippen LogP contribution in [0, 0.1) is 0 Å². The van der Waals surface area contributed by atoms with Crippen molar-refractivity contribution in [2.75, 3.05) is 0 Å². The first-order chi connectivity index (χ1) is 10.2. The molecule has 0 bridgehead atoms. The summed E-state index contributed by atoms with van der Waals surface area (Å²) in [4.78, 5) is 0. The number of aryl methyl sites for hydroxylation is 3. The maximum atomic E-state index is 4.54. The topological polar surface area (TPSA) is 48.5 Å². The molecule has 0 atom stereocenters. The summed E-state index contributed by atoms with van der Waals surface area (Å²) in [6.07, 6.45) is 5.76. The van der Waals surface area contributed by atoms with E-state index in [1.165, 1.54) is 25.0 Å². The zero-order valence-corrected chi connectivity index (χ0v) is 14.9. The summed E-state index contributed by atoms with van der Waals surface area (Å²) < 4.78 is 5.40. The van der Waals surface area contributed by atoms with Crippen LogP contribution in [0.1, 0.15) is 43.4 Å². The standard InChI is InChI=1S/C14H20BrN5S/c1-3-10-13(15)11(19(2)18-10)9-21-14-17-16-12-7-5-4-6-8-20(12)14/h3-9H2,1-2H3. The summed E-state index contributed by atoms with van der Waals surface area (Å²) >= 11 is 5.43. The molecule has 5 nitrogen and oxygen atoms in total. The Labute approximate surface area is 137 Å². The van der Waals surface area contributed by atoms with E-state index in [2.05, 4.69) is 42.7 Å². The maximum absolute atomic E-state index is 4.54. The van der Waals surface area contributed by atoms with Gasteiger partial charge >= 0.3 is 0 Å². The van der Waals surface area contributed by atoms with Gasteiger partial charge in [0, 0.05) is 25.8 Å². The van der Waals surface area contributed by atoms with Crippen LogP contribution in [-0.2, 0) is 32.2 Å². The third-order valence-corrected chi connectivity index (χ3v) is 5.81. The van der Waals surface area contributed by atoms with E-state index >= 15 is 0 Å². The van der Waals surface area contributed by atoms with Crippen LogP contribution in [0.15, 0.2) is 9.63 Å². The van der Waals surface area contributed by atoms with Gasteiger partial charge in [-0.1, -0.05) is 25.1 Å². The highest BCUT2D eigenvalue weighted by molar-refractivity contribution is 9.10. The van der Waals surface area contributed by atoms with Gasteiger partial charge in [0.15, 0.2) is 5.16 Å². The molecule has 0 fully saturated rings. The second-order valence-corrected chi connectivity index (χ2v) is 7.07. The lowest BCUT2D eigenvalue weighted by atomic mass is 10.2. The van der Waals surface area contributed by atoms with Crippen LogP contribution in [-0.4, -0.2) is 24.5 Å². The fourth-order valence-corrected chi connectivity index (χ4v) is 4.66. The molecular formula is C14H20BrN5S. The average Bonchev–Trinajstić information content (AvgIpc) is 2.88. The molecule has 2 aromatic rings. The van der Waals surface area contributed by atoms with E-state index in [0.29, 0.717) is 0 Å². The zero-order valence-electron chi connectivity index (χ0n) is 12.5. The molecule has 2 aromatic heterocycles. The lowest BCUT2D eigenvalue weighted by Gasteiger charge is -2.07. The predicted molar refractivity (Wildman–Crippen MR) is 87.4 cm³/mol. The van der Waals surface area contributed by atoms with Crippen molar-refractivity contribution < 1.29 is 0 Å². The lowest BCUT2D eigenvalue weighted by molar-refractivity contribution is 0.590. The Kier molecular flexibility index (Phi) is 4.69. The average molecular weight is 370 g/mol. The zero-order chi connectivity index (χ0) is 14.8. The van der Waals surface area contributed by atoms with Crippen LogP contribution in [0.25, 0.3) is 0 Å². The summed E-state index contributed by atoms with van der Waals surface area (Å²) in [7, 11) is 2.00. The number of aromatic nitrogens is 5. The van der Waals surface area contributed by atoms with E-state index in [0.717, 1.165) is 46.3 Å². The Balaban J connectivity index is 1.77. The summed E-state index contributed by atoms with van der Waals surface area (Å²) in [5, 5.41) is 14.3. The van der Waals surface area contributed by atoms with Crippen LogP contribution in [0.4, 0.5) is 0 Å². The second-order valence-electron chi connectivity index (χ2n) is 5.33. The first-order valence-electron chi connectivity index (χ1n) is 7.45. The molecule has 0 spiro atoms. The Hall–Kier alpha value is -0.820. The molecule has 1 aliphatic rings. The third kappa shape index (κ3) is 3.04. The molecule has 0 saturated heterocycles. The highest BCUT2D eigenvalue weighted by atomic mass is 79.9. The molecule has 0 aromatic carbocycles. The van der Waals surface area contributed by atoms with Gasteiger partial charge in [-0.3, -0.25) is 4.68 Å². The largest absolute Gasteiger partial charge is 0.306 e. The molecule has 114 valence electrons. The maximum Gasteiger partial charge on any atom is 0.191 e. The number of fused-ring (bicyclic) bond motifs is 1. The number of thioether (sulfide) groups is 1. The van der Waals surface area contributed by atoms with E-state index in [4.69, 9.17) is 0 Å². The smallest absolute Gasteiger partial charge is 0.191 e. The summed E-state index contributed by atoms with van der Waals surface area (Å²) in [5.41, 5.74) is 2.33. The van der Waals surface area contributed by atoms with E-state index in [9.17, 15) is 0 Å². The van der Waals surface area contributed by atoms with Gasteiger partial charge in [-0.15, -0.1) is 10.2 Å². The fourth-order valence-electron chi connectivity index (χ4n) is 2.67. The minimum absolute atomic E-state index is 0.863. The van der Waals surface area contributed by atoms with E-state index in [1.54, 1.807) is 11.8 Å². The predicted octanol–water partition coefficient (Wildman–Crippen LogP) is 3.36. The summed E-state index contributed by atoms with van der Waals surface area (Å²) in [5.74, 6) is 2.01. The number of rotatable bonds is 4. The highest BCUT2D eigenvalue weighted by Gasteiger charge is 2.17. The molecule has 1 aliphatic heterocycles. The highest BCUT2D eigenvalue weighted by Crippen LogP contribution is 2.29. The summed E-state index contributed by atoms with van der Waals surface area (Å²) in [6.45, 7) is 3.18. The van der Waals surface area contributed by atoms with Gasteiger partial charge in [0.2, 0.25) is 0 Å². The first kappa shape index (κ1) is 15.1. The SMILES string of the molecule is CCc1nn(C)c(CSc2nnc3n2CCCCC3)c1Br. The third-order valence-electron chi connectivity index (χ3n) is 3.92. The van der Waals surface area contributed by atoms with Crippen molar-refractivity contribution in [3.63, 3.8) is 0 Å². The van der Waals surface area contributed by atoms with Crippen molar-refractivity contribution >= 4 is 27.7 Å². The minimum Gasteiger partial charge on any atom is -0.306 e. The molecule has 0 unspecified atom stereocenters.